The van der Waals surface area contributed by atoms with Crippen LogP contribution in [0.2, 0.25) is 0 Å². The van der Waals surface area contributed by atoms with Gasteiger partial charge in [0.25, 0.3) is 0 Å². The molecule has 4 heteroatoms. The average Bonchev–Trinajstić information content (AvgIpc) is 2.54. The first kappa shape index (κ1) is 13.4. The van der Waals surface area contributed by atoms with Gasteiger partial charge in [-0.1, -0.05) is 13.0 Å². The third-order valence-electron chi connectivity index (χ3n) is 2.42. The van der Waals surface area contributed by atoms with Crippen molar-refractivity contribution in [3.8, 4) is 0 Å². The van der Waals surface area contributed by atoms with E-state index in [2.05, 4.69) is 0 Å². The monoisotopic (exact) mass is 228 g/mol. The fourth-order valence-corrected chi connectivity index (χ4v) is 1.56. The number of carbonyl (C=O) groups is 1. The van der Waals surface area contributed by atoms with Crippen molar-refractivity contribution >= 4 is 5.78 Å². The molecule has 0 aromatic heterocycles. The number of rotatable bonds is 5. The molecule has 1 heterocycles. The van der Waals surface area contributed by atoms with E-state index in [9.17, 15) is 9.90 Å². The highest BCUT2D eigenvalue weighted by Gasteiger charge is 2.33. The van der Waals surface area contributed by atoms with Crippen molar-refractivity contribution in [2.45, 2.75) is 51.6 Å². The lowest BCUT2D eigenvalue weighted by Crippen LogP contribution is -2.23. The molecule has 1 N–H and O–H groups in total. The van der Waals surface area contributed by atoms with Crippen LogP contribution in [0.25, 0.3) is 0 Å². The Labute approximate surface area is 96.2 Å². The van der Waals surface area contributed by atoms with Gasteiger partial charge in [-0.15, -0.1) is 0 Å². The van der Waals surface area contributed by atoms with Gasteiger partial charge in [0.2, 0.25) is 0 Å². The Morgan fingerprint density at radius 3 is 2.81 bits per heavy atom. The number of ether oxygens (including phenoxy) is 2. The zero-order chi connectivity index (χ0) is 12.2. The van der Waals surface area contributed by atoms with Gasteiger partial charge in [-0.05, 0) is 19.9 Å². The van der Waals surface area contributed by atoms with Gasteiger partial charge in [0.1, 0.15) is 0 Å². The summed E-state index contributed by atoms with van der Waals surface area (Å²) in [5.74, 6) is -0.546. The summed E-state index contributed by atoms with van der Waals surface area (Å²) in [5.41, 5.74) is 0. The van der Waals surface area contributed by atoms with Crippen LogP contribution in [0.3, 0.4) is 0 Å². The first-order valence-electron chi connectivity index (χ1n) is 5.64. The number of allylic oxidation sites excluding steroid dienone is 1. The summed E-state index contributed by atoms with van der Waals surface area (Å²) in [6, 6.07) is 0. The quantitative estimate of drug-likeness (QED) is 0.723. The van der Waals surface area contributed by atoms with E-state index in [1.54, 1.807) is 6.92 Å². The molecule has 0 amide bonds. The first-order valence-corrected chi connectivity index (χ1v) is 5.64. The number of carbonyl (C=O) groups excluding carboxylic acids is 1. The van der Waals surface area contributed by atoms with Crippen molar-refractivity contribution in [2.24, 2.45) is 0 Å². The van der Waals surface area contributed by atoms with Crippen LogP contribution in [-0.4, -0.2) is 35.5 Å². The molecule has 1 saturated heterocycles. The van der Waals surface area contributed by atoms with Gasteiger partial charge in [-0.2, -0.15) is 0 Å². The Bertz CT molecular complexity index is 270. The Kier molecular flexibility index (Phi) is 4.65. The maximum atomic E-state index is 11.0. The molecular formula is C12H20O4. The summed E-state index contributed by atoms with van der Waals surface area (Å²) in [6.45, 7) is 5.96. The summed E-state index contributed by atoms with van der Waals surface area (Å²) in [6.07, 6.45) is 3.09. The highest BCUT2D eigenvalue weighted by molar-refractivity contribution is 5.89. The maximum absolute atomic E-state index is 11.0. The van der Waals surface area contributed by atoms with Gasteiger partial charge in [0, 0.05) is 12.8 Å². The third kappa shape index (κ3) is 4.43. The highest BCUT2D eigenvalue weighted by Crippen LogP contribution is 2.24. The molecule has 1 unspecified atom stereocenters. The molecule has 0 spiro atoms. The third-order valence-corrected chi connectivity index (χ3v) is 2.42. The van der Waals surface area contributed by atoms with Crippen LogP contribution >= 0.6 is 0 Å². The van der Waals surface area contributed by atoms with Crippen LogP contribution in [-0.2, 0) is 14.3 Å². The van der Waals surface area contributed by atoms with Gasteiger partial charge in [0.05, 0.1) is 18.8 Å². The predicted octanol–water partition coefficient (Wildman–Crippen LogP) is 1.42. The molecule has 0 aromatic carbocycles. The molecule has 1 aliphatic rings. The van der Waals surface area contributed by atoms with Crippen molar-refractivity contribution in [2.75, 3.05) is 6.61 Å². The van der Waals surface area contributed by atoms with E-state index in [1.807, 2.05) is 13.8 Å². The minimum atomic E-state index is -0.655. The Morgan fingerprint density at radius 1 is 1.62 bits per heavy atom. The lowest BCUT2D eigenvalue weighted by atomic mass is 10.1. The van der Waals surface area contributed by atoms with Crippen LogP contribution in [0, 0.1) is 0 Å². The van der Waals surface area contributed by atoms with Gasteiger partial charge < -0.3 is 14.6 Å². The van der Waals surface area contributed by atoms with Crippen LogP contribution in [0.15, 0.2) is 12.2 Å². The zero-order valence-corrected chi connectivity index (χ0v) is 10.1. The fourth-order valence-electron chi connectivity index (χ4n) is 1.56. The van der Waals surface area contributed by atoms with Gasteiger partial charge in [0.15, 0.2) is 11.6 Å². The van der Waals surface area contributed by atoms with Gasteiger partial charge >= 0.3 is 0 Å². The SMILES string of the molecule is CCC(=O)/C=C/C(O)C[C@H]1COC(C)(C)O1. The molecule has 0 saturated carbocycles. The van der Waals surface area contributed by atoms with E-state index >= 15 is 0 Å². The second kappa shape index (κ2) is 5.57. The molecule has 0 radical (unpaired) electrons. The van der Waals surface area contributed by atoms with Crippen molar-refractivity contribution < 1.29 is 19.4 Å². The molecule has 1 rings (SSSR count). The van der Waals surface area contributed by atoms with Crippen molar-refractivity contribution in [3.05, 3.63) is 12.2 Å². The second-order valence-corrected chi connectivity index (χ2v) is 4.43. The molecule has 0 bridgehead atoms. The topological polar surface area (TPSA) is 55.8 Å². The average molecular weight is 228 g/mol. The fraction of sp³-hybridized carbons (Fsp3) is 0.750. The summed E-state index contributed by atoms with van der Waals surface area (Å²) >= 11 is 0. The molecule has 0 aliphatic carbocycles. The number of aliphatic hydroxyl groups excluding tert-OH is 1. The Morgan fingerprint density at radius 2 is 2.31 bits per heavy atom. The summed E-state index contributed by atoms with van der Waals surface area (Å²) in [5, 5.41) is 9.65. The zero-order valence-electron chi connectivity index (χ0n) is 10.1. The molecule has 16 heavy (non-hydrogen) atoms. The smallest absolute Gasteiger partial charge is 0.163 e. The highest BCUT2D eigenvalue weighted by atomic mass is 16.7. The molecule has 92 valence electrons. The standard InChI is InChI=1S/C12H20O4/c1-4-9(13)5-6-10(14)7-11-8-15-12(2,3)16-11/h5-6,10-11,14H,4,7-8H2,1-3H3/b6-5+/t10?,11-/m0/s1. The van der Waals surface area contributed by atoms with Crippen LogP contribution in [0.4, 0.5) is 0 Å². The van der Waals surface area contributed by atoms with Crippen molar-refractivity contribution in [1.82, 2.24) is 0 Å². The molecule has 1 aliphatic heterocycles. The number of aliphatic hydroxyl groups is 1. The number of hydrogen-bond acceptors (Lipinski definition) is 4. The van der Waals surface area contributed by atoms with E-state index in [4.69, 9.17) is 9.47 Å². The molecule has 1 fully saturated rings. The second-order valence-electron chi connectivity index (χ2n) is 4.43. The molecular weight excluding hydrogens is 208 g/mol. The predicted molar refractivity (Wildman–Crippen MR) is 60.0 cm³/mol. The molecule has 0 aromatic rings. The minimum Gasteiger partial charge on any atom is -0.389 e. The largest absolute Gasteiger partial charge is 0.389 e. The summed E-state index contributed by atoms with van der Waals surface area (Å²) in [7, 11) is 0. The normalized spacial score (nSPS) is 26.1. The van der Waals surface area contributed by atoms with E-state index in [0.717, 1.165) is 0 Å². The van der Waals surface area contributed by atoms with Crippen molar-refractivity contribution in [3.63, 3.8) is 0 Å². The number of ketones is 1. The van der Waals surface area contributed by atoms with E-state index in [1.165, 1.54) is 12.2 Å². The van der Waals surface area contributed by atoms with E-state index in [-0.39, 0.29) is 11.9 Å². The first-order chi connectivity index (χ1) is 7.43. The number of hydrogen-bond donors (Lipinski definition) is 1. The van der Waals surface area contributed by atoms with Gasteiger partial charge in [-0.3, -0.25) is 4.79 Å². The minimum absolute atomic E-state index is 0.0166. The summed E-state index contributed by atoms with van der Waals surface area (Å²) < 4.78 is 10.9. The lowest BCUT2D eigenvalue weighted by Gasteiger charge is -2.17. The van der Waals surface area contributed by atoms with Crippen molar-refractivity contribution in [1.29, 1.82) is 0 Å². The van der Waals surface area contributed by atoms with Gasteiger partial charge in [-0.25, -0.2) is 0 Å². The van der Waals surface area contributed by atoms with Crippen LogP contribution < -0.4 is 0 Å². The maximum Gasteiger partial charge on any atom is 0.163 e. The van der Waals surface area contributed by atoms with Crippen LogP contribution in [0.1, 0.15) is 33.6 Å². The molecule has 2 atom stereocenters. The summed E-state index contributed by atoms with van der Waals surface area (Å²) in [4.78, 5) is 11.0. The molecule has 4 nitrogen and oxygen atoms in total. The Balaban J connectivity index is 2.33. The van der Waals surface area contributed by atoms with E-state index < -0.39 is 11.9 Å². The van der Waals surface area contributed by atoms with Crippen LogP contribution in [0.5, 0.6) is 0 Å². The van der Waals surface area contributed by atoms with E-state index in [0.29, 0.717) is 19.4 Å². The lowest BCUT2D eigenvalue weighted by molar-refractivity contribution is -0.140. The Hall–Kier alpha value is -0.710.